The summed E-state index contributed by atoms with van der Waals surface area (Å²) in [5, 5.41) is 28.0. The first-order valence-electron chi connectivity index (χ1n) is 14.2. The first-order chi connectivity index (χ1) is 18.7. The maximum absolute atomic E-state index is 13.3. The van der Waals surface area contributed by atoms with Crippen LogP contribution < -0.4 is 10.6 Å². The molecule has 2 aliphatic heterocycles. The number of hydrogen-bond acceptors (Lipinski definition) is 9. The third kappa shape index (κ3) is 5.82. The van der Waals surface area contributed by atoms with Crippen LogP contribution in [0.4, 0.5) is 9.93 Å². The van der Waals surface area contributed by atoms with Crippen LogP contribution >= 0.6 is 11.3 Å². The summed E-state index contributed by atoms with van der Waals surface area (Å²) in [5.74, 6) is -0.233. The fourth-order valence-corrected chi connectivity index (χ4v) is 8.13. The highest BCUT2D eigenvalue weighted by Crippen LogP contribution is 2.62. The van der Waals surface area contributed by atoms with E-state index in [2.05, 4.69) is 22.5 Å². The highest BCUT2D eigenvalue weighted by molar-refractivity contribution is 7.15. The number of fused-ring (bicyclic) bond motifs is 2. The van der Waals surface area contributed by atoms with Crippen LogP contribution in [0.3, 0.4) is 0 Å². The number of ether oxygens (including phenoxy) is 2. The smallest absolute Gasteiger partial charge is 0.323 e. The molecule has 3 fully saturated rings. The van der Waals surface area contributed by atoms with Gasteiger partial charge in [0, 0.05) is 61.9 Å². The summed E-state index contributed by atoms with van der Waals surface area (Å²) >= 11 is 1.45. The summed E-state index contributed by atoms with van der Waals surface area (Å²) in [7, 11) is 0. The molecule has 1 saturated carbocycles. The zero-order chi connectivity index (χ0) is 27.6. The van der Waals surface area contributed by atoms with Crippen molar-refractivity contribution in [1.82, 2.24) is 20.1 Å². The number of morpholine rings is 2. The second kappa shape index (κ2) is 12.0. The number of hydrogen-bond donors (Lipinski definition) is 4. The number of nitrogens with one attached hydrogen (secondary N) is 2. The molecule has 0 radical (unpaired) electrons. The highest BCUT2D eigenvalue weighted by atomic mass is 32.1. The Morgan fingerprint density at radius 2 is 1.82 bits per heavy atom. The second-order valence-corrected chi connectivity index (χ2v) is 13.0. The van der Waals surface area contributed by atoms with Crippen LogP contribution in [-0.4, -0.2) is 115 Å². The molecule has 39 heavy (non-hydrogen) atoms. The molecule has 5 unspecified atom stereocenters. The lowest BCUT2D eigenvalue weighted by molar-refractivity contribution is -0.144. The molecule has 4 aliphatic rings. The van der Waals surface area contributed by atoms with Crippen LogP contribution in [0.2, 0.25) is 0 Å². The maximum atomic E-state index is 13.3. The molecule has 1 aromatic heterocycles. The second-order valence-electron chi connectivity index (χ2n) is 11.9. The molecule has 0 bridgehead atoms. The average Bonchev–Trinajstić information content (AvgIpc) is 3.35. The van der Waals surface area contributed by atoms with Gasteiger partial charge in [-0.1, -0.05) is 13.8 Å². The molecule has 5 atom stereocenters. The number of aliphatic hydroxyl groups excluding tert-OH is 2. The van der Waals surface area contributed by atoms with E-state index in [1.807, 2.05) is 6.92 Å². The van der Waals surface area contributed by atoms with Gasteiger partial charge < -0.3 is 29.9 Å². The molecule has 0 spiro atoms. The summed E-state index contributed by atoms with van der Waals surface area (Å²) in [6.45, 7) is 10.7. The number of amides is 3. The van der Waals surface area contributed by atoms with Crippen molar-refractivity contribution in [3.05, 3.63) is 10.6 Å². The molecular weight excluding hydrogens is 522 g/mol. The lowest BCUT2D eigenvalue weighted by Gasteiger charge is -2.58. The van der Waals surface area contributed by atoms with Gasteiger partial charge in [-0.15, -0.1) is 11.3 Å². The number of carbonyl (C=O) groups is 2. The van der Waals surface area contributed by atoms with Crippen molar-refractivity contribution < 1.29 is 29.3 Å². The maximum Gasteiger partial charge on any atom is 0.323 e. The normalized spacial score (nSPS) is 33.2. The quantitative estimate of drug-likeness (QED) is 0.388. The first-order valence-corrected chi connectivity index (χ1v) is 15.0. The molecule has 11 nitrogen and oxygen atoms in total. The number of anilines is 1. The minimum atomic E-state index is -0.684. The Labute approximate surface area is 234 Å². The zero-order valence-corrected chi connectivity index (χ0v) is 23.9. The molecule has 1 aromatic rings. The van der Waals surface area contributed by atoms with Crippen molar-refractivity contribution in [2.24, 2.45) is 16.7 Å². The Hall–Kier alpha value is -1.83. The topological polar surface area (TPSA) is 136 Å². The summed E-state index contributed by atoms with van der Waals surface area (Å²) < 4.78 is 10.8. The van der Waals surface area contributed by atoms with Gasteiger partial charge in [0.2, 0.25) is 5.91 Å². The standard InChI is InChI=1S/C27H43N5O6S/c1-26-4-3-21(34)27(2,17-33)20(26)16-19-23(29-24(39-19)30-25(36)32-9-13-38-14-10-32)18(26)15-22(35)28-5-6-31-7-11-37-12-8-31/h18,20-21,33-34H,3-17H2,1-2H3,(H,28,35)(H,29,30,36). The molecular formula is C27H43N5O6S. The number of aliphatic hydroxyl groups is 2. The number of thiazole rings is 1. The molecule has 2 saturated heterocycles. The van der Waals surface area contributed by atoms with E-state index in [4.69, 9.17) is 14.5 Å². The SMILES string of the molecule is CC1(CO)C(O)CCC2(C)C(CC(=O)NCCN3CCOCC3)c3nc(NC(=O)N4CCOCC4)sc3CC12. The number of carbonyl (C=O) groups excluding carboxylic acids is 2. The van der Waals surface area contributed by atoms with Gasteiger partial charge >= 0.3 is 6.03 Å². The van der Waals surface area contributed by atoms with E-state index < -0.39 is 11.5 Å². The predicted molar refractivity (Wildman–Crippen MR) is 147 cm³/mol. The summed E-state index contributed by atoms with van der Waals surface area (Å²) in [5.41, 5.74) is -0.141. The Morgan fingerprint density at radius 3 is 2.51 bits per heavy atom. The van der Waals surface area contributed by atoms with Crippen LogP contribution in [-0.2, 0) is 20.7 Å². The van der Waals surface area contributed by atoms with Crippen LogP contribution in [0.1, 0.15) is 49.6 Å². The average molecular weight is 566 g/mol. The van der Waals surface area contributed by atoms with Crippen molar-refractivity contribution in [3.8, 4) is 0 Å². The van der Waals surface area contributed by atoms with Crippen LogP contribution in [0.25, 0.3) is 0 Å². The fraction of sp³-hybridized carbons (Fsp3) is 0.815. The van der Waals surface area contributed by atoms with Crippen molar-refractivity contribution in [3.63, 3.8) is 0 Å². The number of nitrogens with zero attached hydrogens (tertiary/aromatic N) is 3. The molecule has 12 heteroatoms. The van der Waals surface area contributed by atoms with E-state index in [-0.39, 0.29) is 42.2 Å². The monoisotopic (exact) mass is 565 g/mol. The fourth-order valence-electron chi connectivity index (χ4n) is 7.07. The van der Waals surface area contributed by atoms with E-state index >= 15 is 0 Å². The summed E-state index contributed by atoms with van der Waals surface area (Å²) in [4.78, 5) is 36.1. The number of aromatic nitrogens is 1. The Morgan fingerprint density at radius 1 is 1.13 bits per heavy atom. The van der Waals surface area contributed by atoms with Gasteiger partial charge in [0.1, 0.15) is 0 Å². The van der Waals surface area contributed by atoms with Gasteiger partial charge in [-0.25, -0.2) is 9.78 Å². The van der Waals surface area contributed by atoms with Crippen LogP contribution in [0, 0.1) is 16.7 Å². The molecule has 5 rings (SSSR count). The molecule has 3 heterocycles. The van der Waals surface area contributed by atoms with Gasteiger partial charge in [-0.2, -0.15) is 0 Å². The molecule has 218 valence electrons. The molecule has 3 amide bonds. The van der Waals surface area contributed by atoms with Crippen LogP contribution in [0.15, 0.2) is 0 Å². The van der Waals surface area contributed by atoms with Crippen molar-refractivity contribution in [1.29, 1.82) is 0 Å². The lowest BCUT2D eigenvalue weighted by atomic mass is 9.47. The van der Waals surface area contributed by atoms with Crippen molar-refractivity contribution in [2.75, 3.05) is 77.6 Å². The van der Waals surface area contributed by atoms with E-state index in [9.17, 15) is 19.8 Å². The minimum absolute atomic E-state index is 0.0233. The highest BCUT2D eigenvalue weighted by Gasteiger charge is 2.59. The van der Waals surface area contributed by atoms with E-state index in [1.54, 1.807) is 4.90 Å². The predicted octanol–water partition coefficient (Wildman–Crippen LogP) is 1.26. The third-order valence-electron chi connectivity index (χ3n) is 9.65. The zero-order valence-electron chi connectivity index (χ0n) is 23.1. The van der Waals surface area contributed by atoms with E-state index in [0.29, 0.717) is 50.8 Å². The van der Waals surface area contributed by atoms with Crippen LogP contribution in [0.5, 0.6) is 0 Å². The van der Waals surface area contributed by atoms with Gasteiger partial charge in [-0.3, -0.25) is 15.0 Å². The summed E-state index contributed by atoms with van der Waals surface area (Å²) in [6, 6.07) is -0.193. The van der Waals surface area contributed by atoms with Gasteiger partial charge in [0.15, 0.2) is 5.13 Å². The Balaban J connectivity index is 1.36. The molecule has 4 N–H and O–H groups in total. The third-order valence-corrected chi connectivity index (χ3v) is 10.7. The van der Waals surface area contributed by atoms with E-state index in [0.717, 1.165) is 49.8 Å². The van der Waals surface area contributed by atoms with Crippen molar-refractivity contribution >= 4 is 28.4 Å². The molecule has 0 aromatic carbocycles. The van der Waals surface area contributed by atoms with Crippen molar-refractivity contribution in [2.45, 2.75) is 51.6 Å². The Bertz CT molecular complexity index is 1030. The van der Waals surface area contributed by atoms with E-state index in [1.165, 1.54) is 11.3 Å². The van der Waals surface area contributed by atoms with Gasteiger partial charge in [-0.05, 0) is 30.6 Å². The Kier molecular flexibility index (Phi) is 8.80. The van der Waals surface area contributed by atoms with Gasteiger partial charge in [0.05, 0.1) is 44.8 Å². The number of urea groups is 1. The lowest BCUT2D eigenvalue weighted by Crippen LogP contribution is -2.57. The largest absolute Gasteiger partial charge is 0.396 e. The molecule has 2 aliphatic carbocycles. The minimum Gasteiger partial charge on any atom is -0.396 e. The summed E-state index contributed by atoms with van der Waals surface area (Å²) in [6.07, 6.45) is 1.63. The number of rotatable bonds is 7. The first kappa shape index (κ1) is 28.7. The van der Waals surface area contributed by atoms with Gasteiger partial charge in [0.25, 0.3) is 0 Å².